The second kappa shape index (κ2) is 7.85. The fourth-order valence-electron chi connectivity index (χ4n) is 2.31. The van der Waals surface area contributed by atoms with Crippen LogP contribution in [0.4, 0.5) is 5.69 Å². The van der Waals surface area contributed by atoms with E-state index in [1.165, 1.54) is 11.8 Å². The number of hydrogen-bond donors (Lipinski definition) is 2. The van der Waals surface area contributed by atoms with Crippen LogP contribution in [0, 0.1) is 6.92 Å². The summed E-state index contributed by atoms with van der Waals surface area (Å²) in [5, 5.41) is 13.3. The van der Waals surface area contributed by atoms with Crippen molar-refractivity contribution < 1.29 is 14.6 Å². The van der Waals surface area contributed by atoms with E-state index in [4.69, 9.17) is 16.3 Å². The molecule has 5 nitrogen and oxygen atoms in total. The number of halogens is 1. The number of thioether (sulfide) groups is 1. The van der Waals surface area contributed by atoms with E-state index in [-0.39, 0.29) is 22.4 Å². The van der Waals surface area contributed by atoms with Gasteiger partial charge in [-0.3, -0.25) is 4.79 Å². The van der Waals surface area contributed by atoms with Crippen LogP contribution in [0.25, 0.3) is 6.08 Å². The number of carbonyl (C=O) groups is 1. The van der Waals surface area contributed by atoms with Crippen LogP contribution in [0.5, 0.6) is 11.5 Å². The van der Waals surface area contributed by atoms with Gasteiger partial charge in [-0.15, -0.1) is 0 Å². The lowest BCUT2D eigenvalue weighted by atomic mass is 10.2. The van der Waals surface area contributed by atoms with Crippen LogP contribution in [0.2, 0.25) is 5.02 Å². The highest BCUT2D eigenvalue weighted by Gasteiger charge is 2.24. The zero-order valence-electron chi connectivity index (χ0n) is 14.2. The van der Waals surface area contributed by atoms with Gasteiger partial charge in [-0.05, 0) is 61.5 Å². The number of aryl methyl sites for hydroxylation is 1. The van der Waals surface area contributed by atoms with E-state index < -0.39 is 0 Å². The van der Waals surface area contributed by atoms with Gasteiger partial charge in [0.25, 0.3) is 5.91 Å². The quantitative estimate of drug-likeness (QED) is 0.748. The number of benzene rings is 2. The van der Waals surface area contributed by atoms with E-state index in [2.05, 4.69) is 10.3 Å². The number of nitrogens with one attached hydrogen (secondary N) is 1. The monoisotopic (exact) mass is 388 g/mol. The SMILES string of the molecule is CCOc1cc(/C=C2\SC(=Nc3ccc(C)cc3)NC2=O)cc(Cl)c1O. The molecule has 0 aliphatic carbocycles. The van der Waals surface area contributed by atoms with E-state index in [9.17, 15) is 9.90 Å². The van der Waals surface area contributed by atoms with Gasteiger partial charge in [0.15, 0.2) is 16.7 Å². The number of amides is 1. The number of amidine groups is 1. The Morgan fingerprint density at radius 1 is 1.31 bits per heavy atom. The van der Waals surface area contributed by atoms with Crippen molar-refractivity contribution >= 4 is 46.2 Å². The van der Waals surface area contributed by atoms with Gasteiger partial charge in [-0.1, -0.05) is 29.3 Å². The van der Waals surface area contributed by atoms with Crippen LogP contribution < -0.4 is 10.1 Å². The Morgan fingerprint density at radius 3 is 2.73 bits per heavy atom. The highest BCUT2D eigenvalue weighted by atomic mass is 35.5. The van der Waals surface area contributed by atoms with Crippen molar-refractivity contribution in [1.82, 2.24) is 5.32 Å². The van der Waals surface area contributed by atoms with Crippen molar-refractivity contribution in [3.05, 3.63) is 57.5 Å². The Kier molecular flexibility index (Phi) is 5.54. The van der Waals surface area contributed by atoms with Gasteiger partial charge >= 0.3 is 0 Å². The molecule has 0 aromatic heterocycles. The van der Waals surface area contributed by atoms with Gasteiger partial charge in [-0.2, -0.15) is 0 Å². The fraction of sp³-hybridized carbons (Fsp3) is 0.158. The number of ether oxygens (including phenoxy) is 1. The van der Waals surface area contributed by atoms with Crippen LogP contribution in [-0.2, 0) is 4.79 Å². The topological polar surface area (TPSA) is 70.9 Å². The average Bonchev–Trinajstić information content (AvgIpc) is 2.94. The lowest BCUT2D eigenvalue weighted by molar-refractivity contribution is -0.115. The van der Waals surface area contributed by atoms with Gasteiger partial charge in [0, 0.05) is 0 Å². The number of aromatic hydroxyl groups is 1. The second-order valence-corrected chi connectivity index (χ2v) is 7.04. The van der Waals surface area contributed by atoms with Crippen LogP contribution in [0.1, 0.15) is 18.1 Å². The van der Waals surface area contributed by atoms with Crippen LogP contribution >= 0.6 is 23.4 Å². The van der Waals surface area contributed by atoms with E-state index in [0.717, 1.165) is 11.3 Å². The van der Waals surface area contributed by atoms with Crippen molar-refractivity contribution in [3.8, 4) is 11.5 Å². The average molecular weight is 389 g/mol. The number of phenols is 1. The Balaban J connectivity index is 1.86. The molecular formula is C19H17ClN2O3S. The molecule has 26 heavy (non-hydrogen) atoms. The summed E-state index contributed by atoms with van der Waals surface area (Å²) in [6.07, 6.45) is 1.69. The summed E-state index contributed by atoms with van der Waals surface area (Å²) in [7, 11) is 0. The molecule has 0 saturated carbocycles. The molecule has 0 atom stereocenters. The standard InChI is InChI=1S/C19H17ClN2O3S/c1-3-25-15-9-12(8-14(20)17(15)23)10-16-18(24)22-19(26-16)21-13-6-4-11(2)5-7-13/h4-10,23H,3H2,1-2H3,(H,21,22,24)/b16-10-. The Hall–Kier alpha value is -2.44. The molecule has 1 aliphatic heterocycles. The Labute approximate surface area is 160 Å². The first-order valence-corrected chi connectivity index (χ1v) is 9.17. The maximum absolute atomic E-state index is 12.2. The van der Waals surface area contributed by atoms with Crippen molar-refractivity contribution in [1.29, 1.82) is 0 Å². The fourth-order valence-corrected chi connectivity index (χ4v) is 3.37. The first kappa shape index (κ1) is 18.4. The molecule has 2 N–H and O–H groups in total. The predicted molar refractivity (Wildman–Crippen MR) is 106 cm³/mol. The summed E-state index contributed by atoms with van der Waals surface area (Å²) < 4.78 is 5.36. The Morgan fingerprint density at radius 2 is 2.04 bits per heavy atom. The van der Waals surface area contributed by atoms with E-state index in [1.54, 1.807) is 18.2 Å². The summed E-state index contributed by atoms with van der Waals surface area (Å²) in [5.74, 6) is -0.0624. The van der Waals surface area contributed by atoms with Crippen LogP contribution in [-0.4, -0.2) is 22.8 Å². The van der Waals surface area contributed by atoms with E-state index in [1.807, 2.05) is 38.1 Å². The van der Waals surface area contributed by atoms with Gasteiger partial charge in [0.05, 0.1) is 22.2 Å². The maximum Gasteiger partial charge on any atom is 0.264 e. The molecule has 1 amide bonds. The highest BCUT2D eigenvalue weighted by molar-refractivity contribution is 8.18. The summed E-state index contributed by atoms with van der Waals surface area (Å²) in [5.41, 5.74) is 2.57. The highest BCUT2D eigenvalue weighted by Crippen LogP contribution is 2.37. The minimum atomic E-state index is -0.233. The largest absolute Gasteiger partial charge is 0.503 e. The lowest BCUT2D eigenvalue weighted by Gasteiger charge is -2.08. The van der Waals surface area contributed by atoms with Gasteiger partial charge < -0.3 is 15.2 Å². The molecule has 1 saturated heterocycles. The first-order chi connectivity index (χ1) is 12.5. The number of hydrogen-bond acceptors (Lipinski definition) is 5. The minimum absolute atomic E-state index is 0.110. The molecule has 0 radical (unpaired) electrons. The minimum Gasteiger partial charge on any atom is -0.503 e. The summed E-state index contributed by atoms with van der Waals surface area (Å²) in [6.45, 7) is 4.21. The smallest absolute Gasteiger partial charge is 0.264 e. The first-order valence-electron chi connectivity index (χ1n) is 7.98. The predicted octanol–water partition coefficient (Wildman–Crippen LogP) is 4.64. The Bertz CT molecular complexity index is 908. The number of aliphatic imine (C=N–C) groups is 1. The van der Waals surface area contributed by atoms with Crippen molar-refractivity contribution in [2.75, 3.05) is 6.61 Å². The number of phenolic OH excluding ortho intramolecular Hbond substituents is 1. The summed E-state index contributed by atoms with van der Waals surface area (Å²) in [6, 6.07) is 10.9. The van der Waals surface area contributed by atoms with Gasteiger partial charge in [-0.25, -0.2) is 4.99 Å². The number of carbonyl (C=O) groups excluding carboxylic acids is 1. The third-order valence-electron chi connectivity index (χ3n) is 3.56. The molecule has 3 rings (SSSR count). The molecule has 134 valence electrons. The molecular weight excluding hydrogens is 372 g/mol. The maximum atomic E-state index is 12.2. The van der Waals surface area contributed by atoms with Crippen molar-refractivity contribution in [2.24, 2.45) is 4.99 Å². The van der Waals surface area contributed by atoms with Gasteiger partial charge in [0.2, 0.25) is 0 Å². The summed E-state index contributed by atoms with van der Waals surface area (Å²) >= 11 is 7.28. The lowest BCUT2D eigenvalue weighted by Crippen LogP contribution is -2.19. The third kappa shape index (κ3) is 4.20. The normalized spacial score (nSPS) is 17.0. The van der Waals surface area contributed by atoms with Crippen molar-refractivity contribution in [3.63, 3.8) is 0 Å². The van der Waals surface area contributed by atoms with Crippen LogP contribution in [0.15, 0.2) is 46.3 Å². The second-order valence-electron chi connectivity index (χ2n) is 5.60. The summed E-state index contributed by atoms with van der Waals surface area (Å²) in [4.78, 5) is 17.1. The molecule has 1 fully saturated rings. The number of nitrogens with zero attached hydrogens (tertiary/aromatic N) is 1. The molecule has 1 aliphatic rings. The van der Waals surface area contributed by atoms with Gasteiger partial charge in [0.1, 0.15) is 0 Å². The van der Waals surface area contributed by atoms with E-state index in [0.29, 0.717) is 22.2 Å². The van der Waals surface area contributed by atoms with Crippen LogP contribution in [0.3, 0.4) is 0 Å². The molecule has 0 unspecified atom stereocenters. The zero-order chi connectivity index (χ0) is 18.7. The molecule has 2 aromatic rings. The van der Waals surface area contributed by atoms with E-state index >= 15 is 0 Å². The molecule has 0 bridgehead atoms. The molecule has 7 heteroatoms. The third-order valence-corrected chi connectivity index (χ3v) is 4.76. The molecule has 1 heterocycles. The number of rotatable bonds is 4. The molecule has 0 spiro atoms. The molecule has 2 aromatic carbocycles. The van der Waals surface area contributed by atoms with Crippen molar-refractivity contribution in [2.45, 2.75) is 13.8 Å². The zero-order valence-corrected chi connectivity index (χ0v) is 15.8.